The second-order valence-corrected chi connectivity index (χ2v) is 5.57. The van der Waals surface area contributed by atoms with Crippen LogP contribution < -0.4 is 10.6 Å². The van der Waals surface area contributed by atoms with Gasteiger partial charge in [0, 0.05) is 26.3 Å². The Hall–Kier alpha value is -1.62. The Morgan fingerprint density at radius 3 is 2.95 bits per heavy atom. The van der Waals surface area contributed by atoms with Crippen molar-refractivity contribution in [1.82, 2.24) is 15.2 Å². The van der Waals surface area contributed by atoms with Crippen LogP contribution in [0, 0.1) is 0 Å². The molecule has 1 unspecified atom stereocenters. The number of amides is 1. The van der Waals surface area contributed by atoms with Crippen molar-refractivity contribution >= 4 is 11.7 Å². The van der Waals surface area contributed by atoms with Gasteiger partial charge in [-0.05, 0) is 37.4 Å². The Morgan fingerprint density at radius 2 is 2.29 bits per heavy atom. The van der Waals surface area contributed by atoms with E-state index in [2.05, 4.69) is 33.5 Å². The van der Waals surface area contributed by atoms with E-state index in [1.807, 2.05) is 12.3 Å². The zero-order valence-electron chi connectivity index (χ0n) is 13.1. The first kappa shape index (κ1) is 15.8. The minimum Gasteiger partial charge on any atom is -0.370 e. The van der Waals surface area contributed by atoms with E-state index < -0.39 is 0 Å². The highest BCUT2D eigenvalue weighted by atomic mass is 16.2. The molecule has 2 N–H and O–H groups in total. The van der Waals surface area contributed by atoms with Crippen LogP contribution in [0.2, 0.25) is 0 Å². The van der Waals surface area contributed by atoms with Crippen LogP contribution in [-0.2, 0) is 11.3 Å². The highest BCUT2D eigenvalue weighted by molar-refractivity contribution is 5.81. The summed E-state index contributed by atoms with van der Waals surface area (Å²) in [5.41, 5.74) is 1.16. The SMILES string of the molecule is CCCNc1ccc(CN2CCCCC2C(=O)NC)cn1. The molecule has 5 heteroatoms. The predicted molar refractivity (Wildman–Crippen MR) is 85.1 cm³/mol. The Bertz CT molecular complexity index is 446. The molecule has 2 rings (SSSR count). The number of carbonyl (C=O) groups is 1. The van der Waals surface area contributed by atoms with Crippen LogP contribution in [0.25, 0.3) is 0 Å². The highest BCUT2D eigenvalue weighted by Crippen LogP contribution is 2.20. The van der Waals surface area contributed by atoms with Gasteiger partial charge in [-0.3, -0.25) is 9.69 Å². The molecule has 1 aliphatic rings. The quantitative estimate of drug-likeness (QED) is 0.841. The maximum atomic E-state index is 12.0. The molecule has 116 valence electrons. The fourth-order valence-electron chi connectivity index (χ4n) is 2.75. The molecule has 1 fully saturated rings. The van der Waals surface area contributed by atoms with Gasteiger partial charge in [0.05, 0.1) is 6.04 Å². The smallest absolute Gasteiger partial charge is 0.237 e. The normalized spacial score (nSPS) is 19.2. The number of likely N-dealkylation sites (tertiary alicyclic amines) is 1. The first-order valence-electron chi connectivity index (χ1n) is 7.89. The molecule has 0 spiro atoms. The first-order chi connectivity index (χ1) is 10.2. The van der Waals surface area contributed by atoms with E-state index in [1.54, 1.807) is 7.05 Å². The van der Waals surface area contributed by atoms with E-state index in [9.17, 15) is 4.79 Å². The number of rotatable bonds is 6. The van der Waals surface area contributed by atoms with Gasteiger partial charge in [-0.15, -0.1) is 0 Å². The van der Waals surface area contributed by atoms with Crippen molar-refractivity contribution in [3.63, 3.8) is 0 Å². The van der Waals surface area contributed by atoms with Gasteiger partial charge >= 0.3 is 0 Å². The summed E-state index contributed by atoms with van der Waals surface area (Å²) in [6.45, 7) is 4.85. The topological polar surface area (TPSA) is 57.3 Å². The summed E-state index contributed by atoms with van der Waals surface area (Å²) in [5, 5.41) is 6.05. The standard InChI is InChI=1S/C16H26N4O/c1-3-9-18-15-8-7-13(11-19-15)12-20-10-5-4-6-14(20)16(21)17-2/h7-8,11,14H,3-6,9-10,12H2,1-2H3,(H,17,21)(H,18,19). The van der Waals surface area contributed by atoms with Crippen LogP contribution >= 0.6 is 0 Å². The number of carbonyl (C=O) groups excluding carboxylic acids is 1. The van der Waals surface area contributed by atoms with E-state index in [1.165, 1.54) is 0 Å². The van der Waals surface area contributed by atoms with Crippen LogP contribution in [0.3, 0.4) is 0 Å². The fourth-order valence-corrected chi connectivity index (χ4v) is 2.75. The molecule has 0 aliphatic carbocycles. The summed E-state index contributed by atoms with van der Waals surface area (Å²) in [4.78, 5) is 18.7. The lowest BCUT2D eigenvalue weighted by Gasteiger charge is -2.34. The molecule has 0 bridgehead atoms. The Morgan fingerprint density at radius 1 is 1.43 bits per heavy atom. The second kappa shape index (κ2) is 7.98. The molecule has 1 aromatic heterocycles. The van der Waals surface area contributed by atoms with Crippen LogP contribution in [0.5, 0.6) is 0 Å². The number of piperidine rings is 1. The first-order valence-corrected chi connectivity index (χ1v) is 7.89. The van der Waals surface area contributed by atoms with Crippen molar-refractivity contribution in [3.05, 3.63) is 23.9 Å². The summed E-state index contributed by atoms with van der Waals surface area (Å²) in [6, 6.07) is 4.12. The van der Waals surface area contributed by atoms with Crippen LogP contribution in [0.4, 0.5) is 5.82 Å². The van der Waals surface area contributed by atoms with Crippen molar-refractivity contribution in [2.45, 2.75) is 45.2 Å². The van der Waals surface area contributed by atoms with E-state index >= 15 is 0 Å². The average molecular weight is 290 g/mol. The molecule has 21 heavy (non-hydrogen) atoms. The van der Waals surface area contributed by atoms with Crippen molar-refractivity contribution in [2.24, 2.45) is 0 Å². The maximum absolute atomic E-state index is 12.0. The summed E-state index contributed by atoms with van der Waals surface area (Å²) in [5.74, 6) is 1.05. The number of likely N-dealkylation sites (N-methyl/N-ethyl adjacent to an activating group) is 1. The molecule has 0 radical (unpaired) electrons. The molecule has 2 heterocycles. The second-order valence-electron chi connectivity index (χ2n) is 5.57. The van der Waals surface area contributed by atoms with E-state index in [0.29, 0.717) is 0 Å². The number of hydrogen-bond acceptors (Lipinski definition) is 4. The zero-order chi connectivity index (χ0) is 15.1. The van der Waals surface area contributed by atoms with Crippen LogP contribution in [0.15, 0.2) is 18.3 Å². The van der Waals surface area contributed by atoms with Gasteiger partial charge in [-0.1, -0.05) is 19.4 Å². The lowest BCUT2D eigenvalue weighted by atomic mass is 10.0. The van der Waals surface area contributed by atoms with E-state index in [-0.39, 0.29) is 11.9 Å². The molecule has 1 amide bonds. The van der Waals surface area contributed by atoms with Crippen LogP contribution in [0.1, 0.15) is 38.2 Å². The summed E-state index contributed by atoms with van der Waals surface area (Å²) >= 11 is 0. The van der Waals surface area contributed by atoms with E-state index in [0.717, 1.165) is 56.7 Å². The number of aromatic nitrogens is 1. The average Bonchev–Trinajstić information content (AvgIpc) is 2.54. The molecule has 0 saturated carbocycles. The largest absolute Gasteiger partial charge is 0.370 e. The maximum Gasteiger partial charge on any atom is 0.237 e. The number of pyridine rings is 1. The molecule has 1 atom stereocenters. The van der Waals surface area contributed by atoms with Gasteiger partial charge in [0.2, 0.25) is 5.91 Å². The zero-order valence-corrected chi connectivity index (χ0v) is 13.1. The van der Waals surface area contributed by atoms with Crippen molar-refractivity contribution in [1.29, 1.82) is 0 Å². The molecule has 1 aromatic rings. The van der Waals surface area contributed by atoms with Crippen LogP contribution in [-0.4, -0.2) is 42.0 Å². The van der Waals surface area contributed by atoms with Gasteiger partial charge in [0.1, 0.15) is 5.82 Å². The molecule has 1 saturated heterocycles. The van der Waals surface area contributed by atoms with Gasteiger partial charge in [0.15, 0.2) is 0 Å². The third kappa shape index (κ3) is 4.43. The number of hydrogen-bond donors (Lipinski definition) is 2. The minimum absolute atomic E-state index is 0.00152. The Kier molecular flexibility index (Phi) is 5.99. The summed E-state index contributed by atoms with van der Waals surface area (Å²) < 4.78 is 0. The number of nitrogens with one attached hydrogen (secondary N) is 2. The molecular formula is C16H26N4O. The number of anilines is 1. The Labute approximate surface area is 127 Å². The Balaban J connectivity index is 1.97. The third-order valence-electron chi connectivity index (χ3n) is 3.93. The highest BCUT2D eigenvalue weighted by Gasteiger charge is 2.27. The predicted octanol–water partition coefficient (Wildman–Crippen LogP) is 2.00. The van der Waals surface area contributed by atoms with Crippen molar-refractivity contribution in [2.75, 3.05) is 25.5 Å². The molecular weight excluding hydrogens is 264 g/mol. The fraction of sp³-hybridized carbons (Fsp3) is 0.625. The van der Waals surface area contributed by atoms with Crippen molar-refractivity contribution < 1.29 is 4.79 Å². The molecule has 5 nitrogen and oxygen atoms in total. The molecule has 1 aliphatic heterocycles. The van der Waals surface area contributed by atoms with Gasteiger partial charge < -0.3 is 10.6 Å². The third-order valence-corrected chi connectivity index (χ3v) is 3.93. The monoisotopic (exact) mass is 290 g/mol. The lowest BCUT2D eigenvalue weighted by Crippen LogP contribution is -2.48. The lowest BCUT2D eigenvalue weighted by molar-refractivity contribution is -0.127. The van der Waals surface area contributed by atoms with Gasteiger partial charge in [-0.25, -0.2) is 4.98 Å². The minimum atomic E-state index is 0.00152. The summed E-state index contributed by atoms with van der Waals surface area (Å²) in [7, 11) is 1.71. The van der Waals surface area contributed by atoms with Crippen molar-refractivity contribution in [3.8, 4) is 0 Å². The summed E-state index contributed by atoms with van der Waals surface area (Å²) in [6.07, 6.45) is 6.24. The van der Waals surface area contributed by atoms with Gasteiger partial charge in [0.25, 0.3) is 0 Å². The molecule has 0 aromatic carbocycles. The van der Waals surface area contributed by atoms with Gasteiger partial charge in [-0.2, -0.15) is 0 Å². The number of nitrogens with zero attached hydrogens (tertiary/aromatic N) is 2. The van der Waals surface area contributed by atoms with E-state index in [4.69, 9.17) is 0 Å².